The molecule has 1 aromatic rings. The first-order valence-electron chi connectivity index (χ1n) is 6.42. The van der Waals surface area contributed by atoms with Crippen LogP contribution in [0.3, 0.4) is 0 Å². The minimum Gasteiger partial charge on any atom is -0.297 e. The number of hydrogen-bond donors (Lipinski definition) is 0. The van der Waals surface area contributed by atoms with Gasteiger partial charge in [-0.05, 0) is 38.5 Å². The van der Waals surface area contributed by atoms with Gasteiger partial charge in [0, 0.05) is 29.6 Å². The number of likely N-dealkylation sites (tertiary alicyclic amines) is 1. The summed E-state index contributed by atoms with van der Waals surface area (Å²) in [6, 6.07) is 6.81. The molecule has 1 heterocycles. The summed E-state index contributed by atoms with van der Waals surface area (Å²) < 4.78 is 13.1. The van der Waals surface area contributed by atoms with Crippen LogP contribution >= 0.6 is 11.6 Å². The van der Waals surface area contributed by atoms with Gasteiger partial charge in [0.2, 0.25) is 0 Å². The summed E-state index contributed by atoms with van der Waals surface area (Å²) in [5.41, 5.74) is 0.900. The lowest BCUT2D eigenvalue weighted by Gasteiger charge is -2.31. The van der Waals surface area contributed by atoms with Gasteiger partial charge in [-0.2, -0.15) is 5.26 Å². The minimum absolute atomic E-state index is 0.0242. The number of halogens is 2. The Balaban J connectivity index is 2.31. The van der Waals surface area contributed by atoms with E-state index >= 15 is 0 Å². The van der Waals surface area contributed by atoms with Gasteiger partial charge in [0.05, 0.1) is 12.0 Å². The largest absolute Gasteiger partial charge is 0.297 e. The van der Waals surface area contributed by atoms with Crippen molar-refractivity contribution in [2.75, 3.05) is 13.1 Å². The van der Waals surface area contributed by atoms with Gasteiger partial charge < -0.3 is 0 Å². The zero-order valence-electron chi connectivity index (χ0n) is 11.5. The molecule has 0 N–H and O–H groups in total. The number of hydrogen-bond acceptors (Lipinski definition) is 2. The molecule has 2 nitrogen and oxygen atoms in total. The van der Waals surface area contributed by atoms with E-state index in [1.54, 1.807) is 6.07 Å². The molecule has 2 atom stereocenters. The summed E-state index contributed by atoms with van der Waals surface area (Å²) in [5, 5.41) is 9.75. The predicted octanol–water partition coefficient (Wildman–Crippen LogP) is 3.82. The van der Waals surface area contributed by atoms with E-state index in [4.69, 9.17) is 11.6 Å². The van der Waals surface area contributed by atoms with Crippen LogP contribution in [0, 0.1) is 23.1 Å². The van der Waals surface area contributed by atoms with Gasteiger partial charge in [-0.25, -0.2) is 4.39 Å². The topological polar surface area (TPSA) is 27.0 Å². The molecular formula is C15H18ClFN2. The van der Waals surface area contributed by atoms with Crippen LogP contribution in [0.1, 0.15) is 32.3 Å². The average molecular weight is 281 g/mol. The van der Waals surface area contributed by atoms with Gasteiger partial charge in [-0.1, -0.05) is 17.7 Å². The average Bonchev–Trinajstić information content (AvgIpc) is 2.72. The maximum atomic E-state index is 13.1. The minimum atomic E-state index is -0.340. The predicted molar refractivity (Wildman–Crippen MR) is 74.6 cm³/mol. The van der Waals surface area contributed by atoms with Crippen LogP contribution in [0.15, 0.2) is 18.2 Å². The summed E-state index contributed by atoms with van der Waals surface area (Å²) in [4.78, 5) is 2.28. The molecule has 0 saturated carbocycles. The molecule has 0 unspecified atom stereocenters. The molecule has 4 heteroatoms. The van der Waals surface area contributed by atoms with Crippen molar-refractivity contribution in [1.82, 2.24) is 4.90 Å². The van der Waals surface area contributed by atoms with Crippen LogP contribution in [-0.4, -0.2) is 23.5 Å². The molecule has 102 valence electrons. The molecule has 1 aromatic carbocycles. The number of nitriles is 1. The fraction of sp³-hybridized carbons (Fsp3) is 0.533. The second-order valence-electron chi connectivity index (χ2n) is 6.08. The second-order valence-corrected chi connectivity index (χ2v) is 6.49. The maximum Gasteiger partial charge on any atom is 0.124 e. The van der Waals surface area contributed by atoms with Crippen LogP contribution in [-0.2, 0) is 0 Å². The molecule has 0 aliphatic carbocycles. The second kappa shape index (κ2) is 5.11. The molecule has 0 radical (unpaired) electrons. The smallest absolute Gasteiger partial charge is 0.124 e. The Bertz CT molecular complexity index is 516. The van der Waals surface area contributed by atoms with E-state index < -0.39 is 0 Å². The number of nitrogens with zero attached hydrogens (tertiary/aromatic N) is 2. The van der Waals surface area contributed by atoms with Crippen molar-refractivity contribution >= 4 is 11.6 Å². The highest BCUT2D eigenvalue weighted by atomic mass is 35.5. The molecule has 19 heavy (non-hydrogen) atoms. The van der Waals surface area contributed by atoms with E-state index in [0.29, 0.717) is 5.02 Å². The van der Waals surface area contributed by atoms with Crippen molar-refractivity contribution in [3.63, 3.8) is 0 Å². The zero-order chi connectivity index (χ0) is 14.2. The number of benzene rings is 1. The van der Waals surface area contributed by atoms with Gasteiger partial charge in [-0.15, -0.1) is 0 Å². The molecule has 1 aliphatic heterocycles. The third-order valence-electron chi connectivity index (χ3n) is 3.80. The zero-order valence-corrected chi connectivity index (χ0v) is 12.2. The quantitative estimate of drug-likeness (QED) is 0.782. The Kier molecular flexibility index (Phi) is 3.85. The van der Waals surface area contributed by atoms with Gasteiger partial charge in [0.15, 0.2) is 0 Å². The fourth-order valence-electron chi connectivity index (χ4n) is 2.60. The highest BCUT2D eigenvalue weighted by Crippen LogP contribution is 2.38. The summed E-state index contributed by atoms with van der Waals surface area (Å²) in [7, 11) is 0. The Hall–Kier alpha value is -1.11. The van der Waals surface area contributed by atoms with E-state index in [9.17, 15) is 9.65 Å². The summed E-state index contributed by atoms with van der Waals surface area (Å²) in [6.45, 7) is 7.92. The third-order valence-corrected chi connectivity index (χ3v) is 4.12. The summed E-state index contributed by atoms with van der Waals surface area (Å²) in [6.07, 6.45) is 0. The fourth-order valence-corrected chi connectivity index (χ4v) is 2.91. The highest BCUT2D eigenvalue weighted by Gasteiger charge is 2.39. The van der Waals surface area contributed by atoms with Crippen molar-refractivity contribution in [3.8, 4) is 6.07 Å². The van der Waals surface area contributed by atoms with Gasteiger partial charge in [0.1, 0.15) is 5.82 Å². The molecule has 1 fully saturated rings. The van der Waals surface area contributed by atoms with Crippen LogP contribution < -0.4 is 0 Å². The van der Waals surface area contributed by atoms with Crippen LogP contribution in [0.2, 0.25) is 5.02 Å². The van der Waals surface area contributed by atoms with E-state index in [1.165, 1.54) is 12.1 Å². The standard InChI is InChI=1S/C15H18ClFN2/c1-15(2,3)19-8-10(7-18)13(9-19)12-5-4-11(17)6-14(12)16/h4-6,10,13H,8-9H2,1-3H3/t10-,13-/m0/s1. The Morgan fingerprint density at radius 1 is 1.37 bits per heavy atom. The summed E-state index contributed by atoms with van der Waals surface area (Å²) in [5.74, 6) is -0.382. The first-order valence-corrected chi connectivity index (χ1v) is 6.80. The lowest BCUT2D eigenvalue weighted by atomic mass is 9.90. The van der Waals surface area contributed by atoms with Gasteiger partial charge in [0.25, 0.3) is 0 Å². The third kappa shape index (κ3) is 2.91. The van der Waals surface area contributed by atoms with Crippen LogP contribution in [0.4, 0.5) is 4.39 Å². The van der Waals surface area contributed by atoms with Crippen molar-refractivity contribution < 1.29 is 4.39 Å². The Labute approximate surface area is 118 Å². The lowest BCUT2D eigenvalue weighted by molar-refractivity contribution is 0.170. The lowest BCUT2D eigenvalue weighted by Crippen LogP contribution is -2.39. The maximum absolute atomic E-state index is 13.1. The van der Waals surface area contributed by atoms with Gasteiger partial charge in [-0.3, -0.25) is 4.90 Å². The van der Waals surface area contributed by atoms with E-state index in [2.05, 4.69) is 31.7 Å². The number of rotatable bonds is 1. The first-order chi connectivity index (χ1) is 8.82. The van der Waals surface area contributed by atoms with Crippen LogP contribution in [0.25, 0.3) is 0 Å². The first kappa shape index (κ1) is 14.3. The molecule has 0 bridgehead atoms. The normalized spacial score (nSPS) is 24.4. The molecule has 2 rings (SSSR count). The van der Waals surface area contributed by atoms with E-state index in [1.807, 2.05) is 0 Å². The molecular weight excluding hydrogens is 263 g/mol. The van der Waals surface area contributed by atoms with Crippen molar-refractivity contribution in [1.29, 1.82) is 5.26 Å². The van der Waals surface area contributed by atoms with Gasteiger partial charge >= 0.3 is 0 Å². The van der Waals surface area contributed by atoms with Crippen LogP contribution in [0.5, 0.6) is 0 Å². The van der Waals surface area contributed by atoms with E-state index in [-0.39, 0.29) is 23.2 Å². The monoisotopic (exact) mass is 280 g/mol. The molecule has 1 saturated heterocycles. The van der Waals surface area contributed by atoms with Crippen molar-refractivity contribution in [2.24, 2.45) is 5.92 Å². The van der Waals surface area contributed by atoms with Crippen molar-refractivity contribution in [2.45, 2.75) is 32.2 Å². The molecule has 0 spiro atoms. The molecule has 0 amide bonds. The van der Waals surface area contributed by atoms with Crippen molar-refractivity contribution in [3.05, 3.63) is 34.6 Å². The van der Waals surface area contributed by atoms with E-state index in [0.717, 1.165) is 18.7 Å². The summed E-state index contributed by atoms with van der Waals surface area (Å²) >= 11 is 6.13. The SMILES string of the molecule is CC(C)(C)N1C[C@H](c2ccc(F)cc2Cl)[C@@H](C#N)C1. The Morgan fingerprint density at radius 3 is 2.58 bits per heavy atom. The Morgan fingerprint density at radius 2 is 2.05 bits per heavy atom. The highest BCUT2D eigenvalue weighted by molar-refractivity contribution is 6.31. The molecule has 0 aromatic heterocycles. The molecule has 1 aliphatic rings.